The largest absolute Gasteiger partial charge is 0.284 e. The van der Waals surface area contributed by atoms with Crippen LogP contribution in [0.4, 0.5) is 5.69 Å². The summed E-state index contributed by atoms with van der Waals surface area (Å²) in [6, 6.07) is 5.67. The lowest BCUT2D eigenvalue weighted by Crippen LogP contribution is -1.90. The predicted octanol–water partition coefficient (Wildman–Crippen LogP) is 2.40. The van der Waals surface area contributed by atoms with Crippen molar-refractivity contribution in [2.45, 2.75) is 0 Å². The highest BCUT2D eigenvalue weighted by molar-refractivity contribution is 6.30. The van der Waals surface area contributed by atoms with Crippen LogP contribution in [0.1, 0.15) is 5.56 Å². The van der Waals surface area contributed by atoms with Crippen molar-refractivity contribution in [1.29, 1.82) is 0 Å². The molecule has 0 saturated heterocycles. The van der Waals surface area contributed by atoms with Gasteiger partial charge >= 0.3 is 0 Å². The molecule has 53 valence electrons. The van der Waals surface area contributed by atoms with Crippen LogP contribution in [0.25, 0.3) is 6.08 Å². The lowest BCUT2D eigenvalue weighted by molar-refractivity contribution is 1.37. The van der Waals surface area contributed by atoms with Gasteiger partial charge in [-0.05, 0) is 18.2 Å². The molecule has 0 unspecified atom stereocenters. The highest BCUT2D eigenvalue weighted by atomic mass is 35.5. The molecule has 1 aromatic rings. The second kappa shape index (κ2) is 2.51. The maximum atomic E-state index is 5.79. The van der Waals surface area contributed by atoms with Crippen LogP contribution in [-0.2, 0) is 0 Å². The minimum atomic E-state index is 0.755. The van der Waals surface area contributed by atoms with E-state index >= 15 is 0 Å². The molecule has 0 fully saturated rings. The summed E-state index contributed by atoms with van der Waals surface area (Å²) in [5.41, 5.74) is 2.07. The topological polar surface area (TPSA) is 14.1 Å². The van der Waals surface area contributed by atoms with Gasteiger partial charge in [-0.25, -0.2) is 0 Å². The Kier molecular flexibility index (Phi) is 1.51. The van der Waals surface area contributed by atoms with Crippen molar-refractivity contribution in [2.75, 3.05) is 0 Å². The Morgan fingerprint density at radius 3 is 3.09 bits per heavy atom. The fourth-order valence-electron chi connectivity index (χ4n) is 1.05. The number of aliphatic imine (C=N–C) groups is 1. The van der Waals surface area contributed by atoms with Gasteiger partial charge in [0.15, 0.2) is 0 Å². The Labute approximate surface area is 70.0 Å². The Hall–Kier alpha value is -1.08. The SMILES string of the molecule is Clc1ccc2c(c1)C=CC=[N+]2. The van der Waals surface area contributed by atoms with Crippen molar-refractivity contribution in [1.82, 2.24) is 4.99 Å². The van der Waals surface area contributed by atoms with Gasteiger partial charge < -0.3 is 0 Å². The minimum absolute atomic E-state index is 0.755. The molecule has 1 heterocycles. The summed E-state index contributed by atoms with van der Waals surface area (Å²) < 4.78 is 0. The fraction of sp³-hybridized carbons (Fsp3) is 0. The van der Waals surface area contributed by atoms with Gasteiger partial charge in [-0.2, -0.15) is 0 Å². The van der Waals surface area contributed by atoms with Crippen LogP contribution in [0.2, 0.25) is 5.02 Å². The lowest BCUT2D eigenvalue weighted by Gasteiger charge is -1.94. The molecule has 0 amide bonds. The normalized spacial score (nSPS) is 13.2. The van der Waals surface area contributed by atoms with E-state index in [0.29, 0.717) is 0 Å². The average molecular weight is 164 g/mol. The Morgan fingerprint density at radius 2 is 2.18 bits per heavy atom. The van der Waals surface area contributed by atoms with Gasteiger partial charge in [0.25, 0.3) is 5.69 Å². The van der Waals surface area contributed by atoms with Gasteiger partial charge in [-0.15, -0.1) is 0 Å². The monoisotopic (exact) mass is 163 g/mol. The second-order valence-corrected chi connectivity index (χ2v) is 2.78. The van der Waals surface area contributed by atoms with Gasteiger partial charge in [0, 0.05) is 17.2 Å². The number of nitrogens with zero attached hydrogens (tertiary/aromatic N) is 1. The first-order valence-corrected chi connectivity index (χ1v) is 3.74. The molecular weight excluding hydrogens is 158 g/mol. The summed E-state index contributed by atoms with van der Waals surface area (Å²) in [5, 5.41) is 0.755. The van der Waals surface area contributed by atoms with Crippen LogP contribution < -0.4 is 4.99 Å². The Balaban J connectivity index is 2.63. The number of allylic oxidation sites excluding steroid dienone is 1. The first kappa shape index (κ1) is 6.62. The molecule has 1 aliphatic heterocycles. The Bertz CT molecular complexity index is 339. The van der Waals surface area contributed by atoms with Gasteiger partial charge in [0.2, 0.25) is 6.21 Å². The summed E-state index contributed by atoms with van der Waals surface area (Å²) in [4.78, 5) is 4.16. The number of rotatable bonds is 0. The molecule has 1 radical (unpaired) electrons. The zero-order valence-corrected chi connectivity index (χ0v) is 6.55. The predicted molar refractivity (Wildman–Crippen MR) is 48.3 cm³/mol. The number of hydrogen-bond acceptors (Lipinski definition) is 1. The number of hydrogen-bond donors (Lipinski definition) is 0. The molecular formula is C9H6ClN+. The standard InChI is InChI=1S/C9H6ClN/c10-8-3-4-9-7(6-8)2-1-5-11-9/h1-6H/q+1. The quantitative estimate of drug-likeness (QED) is 0.558. The zero-order valence-electron chi connectivity index (χ0n) is 5.79. The van der Waals surface area contributed by atoms with Crippen molar-refractivity contribution in [2.24, 2.45) is 0 Å². The molecule has 2 rings (SSSR count). The van der Waals surface area contributed by atoms with Gasteiger partial charge in [0.05, 0.1) is 10.6 Å². The van der Waals surface area contributed by atoms with E-state index in [1.807, 2.05) is 30.4 Å². The molecule has 0 atom stereocenters. The van der Waals surface area contributed by atoms with Crippen molar-refractivity contribution < 1.29 is 0 Å². The van der Waals surface area contributed by atoms with Gasteiger partial charge in [0.1, 0.15) is 0 Å². The maximum Gasteiger partial charge on any atom is 0.284 e. The molecule has 0 bridgehead atoms. The van der Waals surface area contributed by atoms with Crippen LogP contribution in [0.15, 0.2) is 24.3 Å². The van der Waals surface area contributed by atoms with Crippen LogP contribution in [0.5, 0.6) is 0 Å². The molecule has 0 aliphatic carbocycles. The first-order chi connectivity index (χ1) is 5.36. The van der Waals surface area contributed by atoms with Gasteiger partial charge in [-0.1, -0.05) is 11.6 Å². The highest BCUT2D eigenvalue weighted by Crippen LogP contribution is 2.21. The molecule has 0 saturated carbocycles. The van der Waals surface area contributed by atoms with E-state index < -0.39 is 0 Å². The van der Waals surface area contributed by atoms with E-state index in [-0.39, 0.29) is 0 Å². The first-order valence-electron chi connectivity index (χ1n) is 3.36. The molecule has 11 heavy (non-hydrogen) atoms. The highest BCUT2D eigenvalue weighted by Gasteiger charge is 2.10. The second-order valence-electron chi connectivity index (χ2n) is 2.34. The lowest BCUT2D eigenvalue weighted by atomic mass is 10.1. The van der Waals surface area contributed by atoms with Crippen molar-refractivity contribution in [3.05, 3.63) is 34.9 Å². The van der Waals surface area contributed by atoms with Crippen molar-refractivity contribution in [3.8, 4) is 0 Å². The minimum Gasteiger partial charge on any atom is -0.0843 e. The summed E-state index contributed by atoms with van der Waals surface area (Å²) in [6.07, 6.45) is 5.67. The number of benzene rings is 1. The molecule has 2 heteroatoms. The van der Waals surface area contributed by atoms with Crippen LogP contribution in [0.3, 0.4) is 0 Å². The third-order valence-corrected chi connectivity index (χ3v) is 1.80. The molecule has 1 aliphatic rings. The molecule has 1 aromatic carbocycles. The van der Waals surface area contributed by atoms with Gasteiger partial charge in [-0.3, -0.25) is 0 Å². The third-order valence-electron chi connectivity index (χ3n) is 1.57. The van der Waals surface area contributed by atoms with Crippen LogP contribution >= 0.6 is 11.6 Å². The van der Waals surface area contributed by atoms with E-state index in [4.69, 9.17) is 11.6 Å². The third kappa shape index (κ3) is 1.19. The maximum absolute atomic E-state index is 5.79. The smallest absolute Gasteiger partial charge is 0.0843 e. The number of fused-ring (bicyclic) bond motifs is 1. The molecule has 0 spiro atoms. The summed E-state index contributed by atoms with van der Waals surface area (Å²) in [6.45, 7) is 0. The zero-order chi connectivity index (χ0) is 7.68. The molecule has 1 nitrogen and oxygen atoms in total. The summed E-state index contributed by atoms with van der Waals surface area (Å²) >= 11 is 5.79. The average Bonchev–Trinajstić information content (AvgIpc) is 2.04. The molecule has 0 N–H and O–H groups in total. The van der Waals surface area contributed by atoms with E-state index in [1.165, 1.54) is 0 Å². The van der Waals surface area contributed by atoms with E-state index in [2.05, 4.69) is 4.99 Å². The van der Waals surface area contributed by atoms with Crippen LogP contribution in [0, 0.1) is 0 Å². The van der Waals surface area contributed by atoms with E-state index in [9.17, 15) is 0 Å². The number of halogens is 1. The fourth-order valence-corrected chi connectivity index (χ4v) is 1.23. The molecule has 0 aromatic heterocycles. The van der Waals surface area contributed by atoms with Crippen molar-refractivity contribution in [3.63, 3.8) is 0 Å². The summed E-state index contributed by atoms with van der Waals surface area (Å²) in [5.74, 6) is 0. The van der Waals surface area contributed by atoms with E-state index in [0.717, 1.165) is 16.3 Å². The van der Waals surface area contributed by atoms with Crippen LogP contribution in [-0.4, -0.2) is 6.21 Å². The Morgan fingerprint density at radius 1 is 1.27 bits per heavy atom. The summed E-state index contributed by atoms with van der Waals surface area (Å²) in [7, 11) is 0. The van der Waals surface area contributed by atoms with E-state index in [1.54, 1.807) is 6.21 Å². The van der Waals surface area contributed by atoms with Crippen molar-refractivity contribution >= 4 is 29.6 Å².